The first kappa shape index (κ1) is 22.2. The zero-order chi connectivity index (χ0) is 22.4. The molecule has 31 heavy (non-hydrogen) atoms. The van der Waals surface area contributed by atoms with Gasteiger partial charge in [0.2, 0.25) is 0 Å². The lowest BCUT2D eigenvalue weighted by molar-refractivity contribution is -0.160. The van der Waals surface area contributed by atoms with Crippen molar-refractivity contribution in [3.05, 3.63) is 23.8 Å². The second-order valence-corrected chi connectivity index (χ2v) is 14.0. The van der Waals surface area contributed by atoms with Gasteiger partial charge in [0.05, 0.1) is 6.10 Å². The molecule has 174 valence electrons. The third kappa shape index (κ3) is 2.65. The molecule has 2 spiro atoms. The summed E-state index contributed by atoms with van der Waals surface area (Å²) in [4.78, 5) is 0. The number of aliphatic hydroxyl groups is 1. The predicted molar refractivity (Wildman–Crippen MR) is 131 cm³/mol. The quantitative estimate of drug-likeness (QED) is 0.456. The van der Waals surface area contributed by atoms with E-state index in [1.165, 1.54) is 56.9 Å². The molecule has 0 unspecified atom stereocenters. The van der Waals surface area contributed by atoms with Crippen molar-refractivity contribution in [2.24, 2.45) is 50.7 Å². The van der Waals surface area contributed by atoms with E-state index in [9.17, 15) is 5.11 Å². The Kier molecular flexibility index (Phi) is 4.84. The molecule has 0 saturated heterocycles. The van der Waals surface area contributed by atoms with Crippen LogP contribution in [-0.2, 0) is 0 Å². The van der Waals surface area contributed by atoms with Crippen molar-refractivity contribution in [2.75, 3.05) is 0 Å². The zero-order valence-corrected chi connectivity index (χ0v) is 21.4. The van der Waals surface area contributed by atoms with E-state index in [2.05, 4.69) is 66.7 Å². The Labute approximate surface area is 192 Å². The maximum absolute atomic E-state index is 10.8. The molecule has 5 fully saturated rings. The molecule has 9 atom stereocenters. The van der Waals surface area contributed by atoms with Crippen LogP contribution in [0.4, 0.5) is 0 Å². The van der Waals surface area contributed by atoms with Crippen LogP contribution in [-0.4, -0.2) is 11.2 Å². The van der Waals surface area contributed by atoms with Crippen LogP contribution in [0.5, 0.6) is 0 Å². The number of rotatable bonds is 3. The molecule has 0 heterocycles. The van der Waals surface area contributed by atoms with Gasteiger partial charge in [-0.15, -0.1) is 0 Å². The summed E-state index contributed by atoms with van der Waals surface area (Å²) >= 11 is 0. The van der Waals surface area contributed by atoms with Gasteiger partial charge in [0.1, 0.15) is 0 Å². The molecular weight excluding hydrogens is 376 g/mol. The molecule has 0 aromatic heterocycles. The summed E-state index contributed by atoms with van der Waals surface area (Å²) in [5, 5.41) is 10.8. The summed E-state index contributed by atoms with van der Waals surface area (Å²) in [6.45, 7) is 17.1. The summed E-state index contributed by atoms with van der Waals surface area (Å²) in [5.74, 6) is 3.16. The third-order valence-electron chi connectivity index (χ3n) is 12.6. The Bertz CT molecular complexity index is 801. The smallest absolute Gasteiger partial charge is 0.0594 e. The van der Waals surface area contributed by atoms with Crippen molar-refractivity contribution in [2.45, 2.75) is 112 Å². The molecule has 0 aromatic rings. The number of fused-ring (bicyclic) bond motifs is 2. The van der Waals surface area contributed by atoms with E-state index in [-0.39, 0.29) is 11.5 Å². The maximum Gasteiger partial charge on any atom is 0.0594 e. The molecule has 5 aliphatic rings. The first-order chi connectivity index (χ1) is 14.4. The Balaban J connectivity index is 1.44. The molecule has 1 nitrogen and oxygen atoms in total. The van der Waals surface area contributed by atoms with Crippen molar-refractivity contribution < 1.29 is 5.11 Å². The maximum atomic E-state index is 10.8. The number of hydrogen-bond donors (Lipinski definition) is 1. The second-order valence-electron chi connectivity index (χ2n) is 14.0. The zero-order valence-electron chi connectivity index (χ0n) is 21.4. The van der Waals surface area contributed by atoms with Gasteiger partial charge in [0, 0.05) is 0 Å². The second kappa shape index (κ2) is 6.74. The molecule has 1 heteroatoms. The normalized spacial score (nSPS) is 53.2. The van der Waals surface area contributed by atoms with Crippen LogP contribution in [0.25, 0.3) is 0 Å². The van der Waals surface area contributed by atoms with Crippen molar-refractivity contribution in [1.29, 1.82) is 0 Å². The largest absolute Gasteiger partial charge is 0.393 e. The molecular formula is C30H48O. The summed E-state index contributed by atoms with van der Waals surface area (Å²) in [7, 11) is 0. The van der Waals surface area contributed by atoms with Crippen molar-refractivity contribution in [3.8, 4) is 0 Å². The molecule has 0 aromatic carbocycles. The lowest BCUT2D eigenvalue weighted by Crippen LogP contribution is -2.57. The van der Waals surface area contributed by atoms with E-state index >= 15 is 0 Å². The highest BCUT2D eigenvalue weighted by Gasteiger charge is 2.82. The molecule has 5 saturated carbocycles. The summed E-state index contributed by atoms with van der Waals surface area (Å²) < 4.78 is 0. The first-order valence-corrected chi connectivity index (χ1v) is 13.4. The van der Waals surface area contributed by atoms with Gasteiger partial charge in [0.25, 0.3) is 0 Å². The van der Waals surface area contributed by atoms with Crippen LogP contribution in [0.15, 0.2) is 23.8 Å². The lowest BCUT2D eigenvalue weighted by atomic mass is 9.42. The van der Waals surface area contributed by atoms with Crippen molar-refractivity contribution in [1.82, 2.24) is 0 Å². The van der Waals surface area contributed by atoms with Gasteiger partial charge in [0.15, 0.2) is 0 Å². The molecule has 1 N–H and O–H groups in total. The Morgan fingerprint density at radius 1 is 0.839 bits per heavy atom. The summed E-state index contributed by atoms with van der Waals surface area (Å²) in [6, 6.07) is 0. The van der Waals surface area contributed by atoms with Gasteiger partial charge in [-0.25, -0.2) is 0 Å². The molecule has 5 rings (SSSR count). The third-order valence-corrected chi connectivity index (χ3v) is 12.6. The molecule has 0 bridgehead atoms. The topological polar surface area (TPSA) is 20.2 Å². The number of hydrogen-bond acceptors (Lipinski definition) is 1. The van der Waals surface area contributed by atoms with Crippen LogP contribution >= 0.6 is 0 Å². The van der Waals surface area contributed by atoms with E-state index < -0.39 is 0 Å². The fourth-order valence-corrected chi connectivity index (χ4v) is 10.8. The van der Waals surface area contributed by atoms with Crippen LogP contribution in [0.1, 0.15) is 106 Å². The van der Waals surface area contributed by atoms with Crippen molar-refractivity contribution >= 4 is 0 Å². The summed E-state index contributed by atoms with van der Waals surface area (Å²) in [5.41, 5.74) is 3.66. The van der Waals surface area contributed by atoms with Crippen LogP contribution in [0.3, 0.4) is 0 Å². The van der Waals surface area contributed by atoms with Gasteiger partial charge in [-0.05, 0) is 122 Å². The number of aliphatic hydroxyl groups excluding tert-OH is 1. The Morgan fingerprint density at radius 3 is 2.23 bits per heavy atom. The highest BCUT2D eigenvalue weighted by molar-refractivity contribution is 5.30. The highest BCUT2D eigenvalue weighted by atomic mass is 16.3. The predicted octanol–water partition coefficient (Wildman–Crippen LogP) is 7.94. The van der Waals surface area contributed by atoms with Crippen LogP contribution < -0.4 is 0 Å². The van der Waals surface area contributed by atoms with E-state index in [1.807, 2.05) is 0 Å². The highest BCUT2D eigenvalue weighted by Crippen LogP contribution is 2.89. The fourth-order valence-electron chi connectivity index (χ4n) is 10.8. The van der Waals surface area contributed by atoms with E-state index in [4.69, 9.17) is 0 Å². The standard InChI is InChI=1S/C30H48O/c1-20(2)9-8-10-21(3)22-13-15-28(7)24-12-11-23-26(4,5)25(31)14-16-29(23)19-30(24,29)18-17-27(22,28)6/h8-10,21-25,31H,11-19H2,1-7H3/b10-8+/t21-,22-,23+,24+,25+,27-,28+,29-,30+/m1/s1. The van der Waals surface area contributed by atoms with E-state index in [0.717, 1.165) is 24.2 Å². The van der Waals surface area contributed by atoms with E-state index in [0.29, 0.717) is 27.6 Å². The van der Waals surface area contributed by atoms with Gasteiger partial charge >= 0.3 is 0 Å². The first-order valence-electron chi connectivity index (χ1n) is 13.4. The average Bonchev–Trinajstić information content (AvgIpc) is 3.27. The summed E-state index contributed by atoms with van der Waals surface area (Å²) in [6.07, 6.45) is 19.4. The minimum atomic E-state index is -0.0916. The SMILES string of the molecule is CC(C)=C/C=C/[C@@H](C)[C@H]1CC[C@@]2(C)[C@@H]3CC[C@H]4C(C)(C)[C@@H](O)CC[C@@]45C[C@@]35CC[C@]12C. The van der Waals surface area contributed by atoms with Gasteiger partial charge in [-0.3, -0.25) is 0 Å². The molecule has 0 radical (unpaired) electrons. The number of allylic oxidation sites excluding steroid dienone is 4. The van der Waals surface area contributed by atoms with Crippen LogP contribution in [0.2, 0.25) is 0 Å². The van der Waals surface area contributed by atoms with Crippen LogP contribution in [0, 0.1) is 50.7 Å². The molecule has 5 aliphatic carbocycles. The fraction of sp³-hybridized carbons (Fsp3) is 0.867. The van der Waals surface area contributed by atoms with E-state index in [1.54, 1.807) is 0 Å². The van der Waals surface area contributed by atoms with Crippen molar-refractivity contribution in [3.63, 3.8) is 0 Å². The lowest BCUT2D eigenvalue weighted by Gasteiger charge is -2.63. The van der Waals surface area contributed by atoms with Gasteiger partial charge in [-0.2, -0.15) is 0 Å². The minimum Gasteiger partial charge on any atom is -0.393 e. The Morgan fingerprint density at radius 2 is 1.52 bits per heavy atom. The minimum absolute atomic E-state index is 0.0916. The monoisotopic (exact) mass is 424 g/mol. The molecule has 0 amide bonds. The van der Waals surface area contributed by atoms with Gasteiger partial charge < -0.3 is 5.11 Å². The average molecular weight is 425 g/mol. The Hall–Kier alpha value is -0.560. The van der Waals surface area contributed by atoms with Gasteiger partial charge in [-0.1, -0.05) is 58.4 Å². The molecule has 0 aliphatic heterocycles.